The average Bonchev–Trinajstić information content (AvgIpc) is 3.37. The van der Waals surface area contributed by atoms with Crippen LogP contribution in [-0.2, 0) is 27.1 Å². The molecule has 2 unspecified atom stereocenters. The number of esters is 1. The third kappa shape index (κ3) is 7.92. The minimum absolute atomic E-state index is 0.0542. The van der Waals surface area contributed by atoms with E-state index in [4.69, 9.17) is 19.2 Å². The molecule has 202 valence electrons. The second-order valence-corrected chi connectivity index (χ2v) is 11.1. The van der Waals surface area contributed by atoms with Crippen LogP contribution in [0.25, 0.3) is 0 Å². The lowest BCUT2D eigenvalue weighted by Crippen LogP contribution is -2.31. The first-order valence-electron chi connectivity index (χ1n) is 13.6. The summed E-state index contributed by atoms with van der Waals surface area (Å²) in [5, 5.41) is 3.45. The molecule has 1 aromatic heterocycles. The lowest BCUT2D eigenvalue weighted by atomic mass is 9.94. The summed E-state index contributed by atoms with van der Waals surface area (Å²) >= 11 is 0. The first kappa shape index (κ1) is 27.4. The Hall–Kier alpha value is -2.64. The van der Waals surface area contributed by atoms with Gasteiger partial charge in [-0.3, -0.25) is 4.79 Å². The van der Waals surface area contributed by atoms with Gasteiger partial charge >= 0.3 is 5.97 Å². The average molecular weight is 510 g/mol. The summed E-state index contributed by atoms with van der Waals surface area (Å²) in [7, 11) is 3.15. The number of benzene rings is 1. The van der Waals surface area contributed by atoms with Crippen LogP contribution in [0.15, 0.2) is 36.4 Å². The molecule has 0 aliphatic carbocycles. The molecule has 7 nitrogen and oxygen atoms in total. The molecule has 1 fully saturated rings. The van der Waals surface area contributed by atoms with Gasteiger partial charge in [0, 0.05) is 38.4 Å². The Kier molecular flexibility index (Phi) is 9.43. The molecule has 4 rings (SSSR count). The van der Waals surface area contributed by atoms with Gasteiger partial charge in [0.2, 0.25) is 0 Å². The fraction of sp³-hybridized carbons (Fsp3) is 0.600. The van der Waals surface area contributed by atoms with E-state index < -0.39 is 0 Å². The van der Waals surface area contributed by atoms with Gasteiger partial charge in [0.25, 0.3) is 0 Å². The highest BCUT2D eigenvalue weighted by Crippen LogP contribution is 2.30. The largest absolute Gasteiger partial charge is 0.491 e. The van der Waals surface area contributed by atoms with E-state index in [-0.39, 0.29) is 17.5 Å². The molecule has 1 N–H and O–H groups in total. The maximum atomic E-state index is 12.3. The van der Waals surface area contributed by atoms with E-state index in [9.17, 15) is 4.79 Å². The minimum Gasteiger partial charge on any atom is -0.491 e. The topological polar surface area (TPSA) is 72.9 Å². The fourth-order valence-corrected chi connectivity index (χ4v) is 5.23. The summed E-state index contributed by atoms with van der Waals surface area (Å²) in [6.45, 7) is 8.42. The quantitative estimate of drug-likeness (QED) is 0.410. The number of aryl methyl sites for hydroxylation is 2. The van der Waals surface area contributed by atoms with Crippen LogP contribution < -0.4 is 10.1 Å². The molecular weight excluding hydrogens is 466 g/mol. The van der Waals surface area contributed by atoms with Crippen LogP contribution in [0.2, 0.25) is 0 Å². The number of rotatable bonds is 12. The number of likely N-dealkylation sites (tertiary alicyclic amines) is 1. The monoisotopic (exact) mass is 509 g/mol. The van der Waals surface area contributed by atoms with Gasteiger partial charge in [0.1, 0.15) is 18.2 Å². The van der Waals surface area contributed by atoms with Crippen LogP contribution in [0.5, 0.6) is 5.75 Å². The highest BCUT2D eigenvalue weighted by molar-refractivity contribution is 5.70. The number of aromatic nitrogens is 1. The molecule has 1 saturated heterocycles. The van der Waals surface area contributed by atoms with Crippen LogP contribution >= 0.6 is 0 Å². The number of carbonyl (C=O) groups is 1. The number of nitrogens with one attached hydrogen (secondary N) is 1. The molecule has 37 heavy (non-hydrogen) atoms. The molecule has 0 spiro atoms. The van der Waals surface area contributed by atoms with Crippen molar-refractivity contribution in [3.63, 3.8) is 0 Å². The van der Waals surface area contributed by atoms with E-state index in [1.165, 1.54) is 31.2 Å². The number of anilines is 1. The minimum atomic E-state index is -0.364. The molecule has 7 heteroatoms. The Balaban J connectivity index is 1.34. The normalized spacial score (nSPS) is 18.6. The number of carbonyl (C=O) groups excluding carboxylic acids is 1. The molecule has 0 bridgehead atoms. The van der Waals surface area contributed by atoms with Crippen molar-refractivity contribution in [2.24, 2.45) is 5.92 Å². The van der Waals surface area contributed by atoms with Crippen LogP contribution in [0.3, 0.4) is 0 Å². The molecule has 0 radical (unpaired) electrons. The second kappa shape index (κ2) is 12.7. The molecule has 2 atom stereocenters. The van der Waals surface area contributed by atoms with E-state index in [2.05, 4.69) is 34.5 Å². The molecule has 1 aromatic carbocycles. The number of nitrogens with zero attached hydrogens (tertiary/aromatic N) is 2. The summed E-state index contributed by atoms with van der Waals surface area (Å²) in [5.74, 6) is 2.40. The first-order valence-corrected chi connectivity index (χ1v) is 13.6. The zero-order valence-corrected chi connectivity index (χ0v) is 22.9. The van der Waals surface area contributed by atoms with Crippen LogP contribution in [-0.4, -0.2) is 68.5 Å². The number of hydrogen-bond acceptors (Lipinski definition) is 7. The Morgan fingerprint density at radius 1 is 1.24 bits per heavy atom. The standard InChI is InChI=1S/C30H43N3O4/c1-30(2,36-4)21-37-27-9-5-7-24(17-27)25(18-28(34)35-3)20-33-16-14-22(19-33)10-12-26-13-11-23-8-6-15-31-29(23)32-26/h5,7,9,11,13,17,22,25H,6,8,10,12,14-16,18-21H2,1-4H3,(H,31,32). The van der Waals surface area contributed by atoms with Gasteiger partial charge in [-0.25, -0.2) is 4.98 Å². The zero-order valence-electron chi connectivity index (χ0n) is 22.9. The molecule has 2 aliphatic heterocycles. The Morgan fingerprint density at radius 3 is 2.92 bits per heavy atom. The summed E-state index contributed by atoms with van der Waals surface area (Å²) < 4.78 is 16.5. The van der Waals surface area contributed by atoms with Gasteiger partial charge < -0.3 is 24.4 Å². The van der Waals surface area contributed by atoms with Gasteiger partial charge in [-0.2, -0.15) is 0 Å². The molecule has 3 heterocycles. The molecular formula is C30H43N3O4. The third-order valence-corrected chi connectivity index (χ3v) is 7.72. The van der Waals surface area contributed by atoms with Crippen molar-refractivity contribution in [3.8, 4) is 5.75 Å². The Bertz CT molecular complexity index is 1040. The molecule has 0 saturated carbocycles. The van der Waals surface area contributed by atoms with Crippen LogP contribution in [0.1, 0.15) is 62.3 Å². The van der Waals surface area contributed by atoms with E-state index in [0.29, 0.717) is 18.9 Å². The summed E-state index contributed by atoms with van der Waals surface area (Å²) in [5.41, 5.74) is 3.27. The van der Waals surface area contributed by atoms with Crippen molar-refractivity contribution in [2.45, 2.75) is 63.9 Å². The van der Waals surface area contributed by atoms with Gasteiger partial charge in [0.15, 0.2) is 0 Å². The zero-order chi connectivity index (χ0) is 26.3. The molecule has 2 aromatic rings. The Labute approximate surface area is 221 Å². The summed E-state index contributed by atoms with van der Waals surface area (Å²) in [6.07, 6.45) is 6.01. The van der Waals surface area contributed by atoms with Crippen molar-refractivity contribution in [3.05, 3.63) is 53.2 Å². The highest BCUT2D eigenvalue weighted by Gasteiger charge is 2.27. The number of methoxy groups -OCH3 is 2. The number of pyridine rings is 1. The van der Waals surface area contributed by atoms with Crippen molar-refractivity contribution in [1.29, 1.82) is 0 Å². The van der Waals surface area contributed by atoms with Gasteiger partial charge in [0.05, 0.1) is 19.1 Å². The van der Waals surface area contributed by atoms with Gasteiger partial charge in [-0.1, -0.05) is 18.2 Å². The van der Waals surface area contributed by atoms with E-state index in [1.54, 1.807) is 7.11 Å². The maximum Gasteiger partial charge on any atom is 0.306 e. The van der Waals surface area contributed by atoms with Crippen LogP contribution in [0.4, 0.5) is 5.82 Å². The van der Waals surface area contributed by atoms with E-state index in [1.807, 2.05) is 26.0 Å². The van der Waals surface area contributed by atoms with Gasteiger partial charge in [-0.15, -0.1) is 0 Å². The van der Waals surface area contributed by atoms with Crippen molar-refractivity contribution < 1.29 is 19.0 Å². The van der Waals surface area contributed by atoms with Crippen LogP contribution in [0, 0.1) is 5.92 Å². The van der Waals surface area contributed by atoms with E-state index >= 15 is 0 Å². The molecule has 2 aliphatic rings. The summed E-state index contributed by atoms with van der Waals surface area (Å²) in [6, 6.07) is 12.6. The fourth-order valence-electron chi connectivity index (χ4n) is 5.23. The second-order valence-electron chi connectivity index (χ2n) is 11.1. The van der Waals surface area contributed by atoms with Gasteiger partial charge in [-0.05, 0) is 87.7 Å². The number of hydrogen-bond donors (Lipinski definition) is 1. The Morgan fingerprint density at radius 2 is 2.11 bits per heavy atom. The summed E-state index contributed by atoms with van der Waals surface area (Å²) in [4.78, 5) is 19.6. The lowest BCUT2D eigenvalue weighted by molar-refractivity contribution is -0.141. The lowest BCUT2D eigenvalue weighted by Gasteiger charge is -2.25. The molecule has 0 amide bonds. The maximum absolute atomic E-state index is 12.3. The van der Waals surface area contributed by atoms with Crippen molar-refractivity contribution >= 4 is 11.8 Å². The SMILES string of the molecule is COC(=O)CC(CN1CCC(CCc2ccc3c(n2)NCCC3)C1)c1cccc(OCC(C)(C)OC)c1. The predicted octanol–water partition coefficient (Wildman–Crippen LogP) is 4.84. The smallest absolute Gasteiger partial charge is 0.306 e. The van der Waals surface area contributed by atoms with E-state index in [0.717, 1.165) is 62.6 Å². The first-order chi connectivity index (χ1) is 17.8. The number of fused-ring (bicyclic) bond motifs is 1. The van der Waals surface area contributed by atoms with Crippen molar-refractivity contribution in [2.75, 3.05) is 52.3 Å². The van der Waals surface area contributed by atoms with Crippen molar-refractivity contribution in [1.82, 2.24) is 9.88 Å². The highest BCUT2D eigenvalue weighted by atomic mass is 16.5. The predicted molar refractivity (Wildman–Crippen MR) is 146 cm³/mol. The number of ether oxygens (including phenoxy) is 3. The third-order valence-electron chi connectivity index (χ3n) is 7.72.